The number of para-hydroxylation sites is 1. The number of pyridine rings is 1. The van der Waals surface area contributed by atoms with Crippen molar-refractivity contribution in [2.24, 2.45) is 0 Å². The Labute approximate surface area is 177 Å². The van der Waals surface area contributed by atoms with Crippen LogP contribution in [0.4, 0.5) is 0 Å². The number of aromatic nitrogens is 3. The molecule has 0 spiro atoms. The monoisotopic (exact) mass is 424 g/mol. The normalized spacial score (nSPS) is 12.2. The zero-order chi connectivity index (χ0) is 20.4. The third kappa shape index (κ3) is 4.18. The fourth-order valence-electron chi connectivity index (χ4n) is 2.90. The van der Waals surface area contributed by atoms with Crippen LogP contribution in [0, 0.1) is 6.92 Å². The number of fused-ring (bicyclic) bond motifs is 1. The van der Waals surface area contributed by atoms with Gasteiger partial charge in [0, 0.05) is 25.1 Å². The van der Waals surface area contributed by atoms with Gasteiger partial charge in [0.2, 0.25) is 0 Å². The van der Waals surface area contributed by atoms with Crippen LogP contribution in [0.5, 0.6) is 0 Å². The maximum Gasteiger partial charge on any atom is 0.256 e. The number of nitrogens with zero attached hydrogens (tertiary/aromatic N) is 4. The highest BCUT2D eigenvalue weighted by Gasteiger charge is 2.24. The number of rotatable bonds is 6. The molecule has 6 nitrogen and oxygen atoms in total. The molecule has 1 unspecified atom stereocenters. The molecule has 4 aromatic rings. The summed E-state index contributed by atoms with van der Waals surface area (Å²) in [5.74, 6) is 1.28. The minimum atomic E-state index is -0.142. The maximum absolute atomic E-state index is 13.2. The largest absolute Gasteiger partial charge is 0.361 e. The van der Waals surface area contributed by atoms with E-state index in [2.05, 4.69) is 10.1 Å². The molecule has 0 N–H and O–H groups in total. The predicted octanol–water partition coefficient (Wildman–Crippen LogP) is 5.11. The molecule has 0 saturated carbocycles. The summed E-state index contributed by atoms with van der Waals surface area (Å²) in [6, 6.07) is 13.4. The summed E-state index contributed by atoms with van der Waals surface area (Å²) in [5.41, 5.74) is 2.36. The molecule has 8 heteroatoms. The highest BCUT2D eigenvalue weighted by molar-refractivity contribution is 7.98. The quantitative estimate of drug-likeness (QED) is 0.400. The van der Waals surface area contributed by atoms with Crippen LogP contribution in [-0.4, -0.2) is 33.0 Å². The van der Waals surface area contributed by atoms with Crippen LogP contribution in [0.25, 0.3) is 10.2 Å². The van der Waals surface area contributed by atoms with Gasteiger partial charge in [-0.15, -0.1) is 11.3 Å². The number of aryl methyl sites for hydroxylation is 1. The van der Waals surface area contributed by atoms with Gasteiger partial charge < -0.3 is 9.42 Å². The van der Waals surface area contributed by atoms with Crippen molar-refractivity contribution in [2.45, 2.75) is 30.7 Å². The molecular weight excluding hydrogens is 404 g/mol. The van der Waals surface area contributed by atoms with E-state index in [1.54, 1.807) is 28.5 Å². The molecule has 1 aromatic carbocycles. The summed E-state index contributed by atoms with van der Waals surface area (Å²) in [7, 11) is 1.81. The summed E-state index contributed by atoms with van der Waals surface area (Å²) in [6.07, 6.45) is 1.70. The Morgan fingerprint density at radius 2 is 2.10 bits per heavy atom. The molecule has 1 atom stereocenters. The first kappa shape index (κ1) is 19.6. The van der Waals surface area contributed by atoms with E-state index in [4.69, 9.17) is 9.51 Å². The highest BCUT2D eigenvalue weighted by atomic mass is 32.2. The van der Waals surface area contributed by atoms with Gasteiger partial charge in [-0.05, 0) is 38.1 Å². The van der Waals surface area contributed by atoms with Gasteiger partial charge in [-0.1, -0.05) is 29.1 Å². The van der Waals surface area contributed by atoms with E-state index in [1.807, 2.05) is 57.3 Å². The van der Waals surface area contributed by atoms with Crippen molar-refractivity contribution < 1.29 is 9.32 Å². The topological polar surface area (TPSA) is 72.1 Å². The Morgan fingerprint density at radius 1 is 1.28 bits per heavy atom. The zero-order valence-electron chi connectivity index (χ0n) is 16.3. The third-order valence-electron chi connectivity index (χ3n) is 4.60. The van der Waals surface area contributed by atoms with Crippen molar-refractivity contribution in [3.63, 3.8) is 0 Å². The number of thiazole rings is 1. The van der Waals surface area contributed by atoms with E-state index < -0.39 is 0 Å². The number of carbonyl (C=O) groups is 1. The van der Waals surface area contributed by atoms with Crippen LogP contribution in [0.2, 0.25) is 0 Å². The highest BCUT2D eigenvalue weighted by Crippen LogP contribution is 2.31. The molecule has 0 bridgehead atoms. The van der Waals surface area contributed by atoms with E-state index in [9.17, 15) is 4.79 Å². The van der Waals surface area contributed by atoms with E-state index in [1.165, 1.54) is 11.8 Å². The van der Waals surface area contributed by atoms with E-state index in [0.717, 1.165) is 26.7 Å². The van der Waals surface area contributed by atoms with Gasteiger partial charge in [0.15, 0.2) is 0 Å². The molecule has 148 valence electrons. The first-order valence-electron chi connectivity index (χ1n) is 9.15. The second-order valence-electron chi connectivity index (χ2n) is 6.69. The number of benzene rings is 1. The number of hydrogen-bond donors (Lipinski definition) is 0. The lowest BCUT2D eigenvalue weighted by atomic mass is 10.2. The van der Waals surface area contributed by atoms with Gasteiger partial charge in [0.05, 0.1) is 27.5 Å². The van der Waals surface area contributed by atoms with Crippen molar-refractivity contribution in [3.8, 4) is 0 Å². The lowest BCUT2D eigenvalue weighted by Crippen LogP contribution is -2.30. The first-order chi connectivity index (χ1) is 14.0. The van der Waals surface area contributed by atoms with Crippen LogP contribution in [0.15, 0.2) is 58.2 Å². The Kier molecular flexibility index (Phi) is 5.64. The summed E-state index contributed by atoms with van der Waals surface area (Å²) < 4.78 is 6.23. The van der Waals surface area contributed by atoms with E-state index in [0.29, 0.717) is 16.3 Å². The Morgan fingerprint density at radius 3 is 2.86 bits per heavy atom. The Bertz CT molecular complexity index is 1120. The number of hydrogen-bond acceptors (Lipinski definition) is 7. The molecule has 4 rings (SSSR count). The minimum absolute atomic E-state index is 0.0799. The number of carbonyl (C=O) groups excluding carboxylic acids is 1. The van der Waals surface area contributed by atoms with Crippen LogP contribution >= 0.6 is 23.1 Å². The van der Waals surface area contributed by atoms with Gasteiger partial charge in [-0.2, -0.15) is 0 Å². The van der Waals surface area contributed by atoms with Gasteiger partial charge in [0.25, 0.3) is 5.91 Å². The molecule has 0 aliphatic heterocycles. The van der Waals surface area contributed by atoms with Crippen molar-refractivity contribution >= 4 is 39.2 Å². The van der Waals surface area contributed by atoms with Crippen LogP contribution in [0.3, 0.4) is 0 Å². The van der Waals surface area contributed by atoms with Crippen molar-refractivity contribution in [1.29, 1.82) is 0 Å². The number of thioether (sulfide) groups is 1. The smallest absolute Gasteiger partial charge is 0.256 e. The SMILES string of the molecule is Cc1cc(CSc2ncccc2C(=O)N(C)C(C)c2nc3ccccc3s2)no1. The molecule has 1 amide bonds. The van der Waals surface area contributed by atoms with Crippen LogP contribution in [-0.2, 0) is 5.75 Å². The molecule has 0 saturated heterocycles. The van der Waals surface area contributed by atoms with Crippen LogP contribution < -0.4 is 0 Å². The fraction of sp³-hybridized carbons (Fsp3) is 0.238. The second-order valence-corrected chi connectivity index (χ2v) is 8.71. The average molecular weight is 425 g/mol. The lowest BCUT2D eigenvalue weighted by molar-refractivity contribution is 0.0738. The summed E-state index contributed by atoms with van der Waals surface area (Å²) >= 11 is 3.09. The third-order valence-corrected chi connectivity index (χ3v) is 6.85. The molecule has 0 radical (unpaired) electrons. The van der Waals surface area contributed by atoms with Gasteiger partial charge in [-0.25, -0.2) is 9.97 Å². The molecule has 3 aromatic heterocycles. The van der Waals surface area contributed by atoms with E-state index in [-0.39, 0.29) is 11.9 Å². The summed E-state index contributed by atoms with van der Waals surface area (Å²) in [6.45, 7) is 3.85. The van der Waals surface area contributed by atoms with Gasteiger partial charge in [-0.3, -0.25) is 4.79 Å². The second kappa shape index (κ2) is 8.34. The zero-order valence-corrected chi connectivity index (χ0v) is 18.0. The first-order valence-corrected chi connectivity index (χ1v) is 11.0. The van der Waals surface area contributed by atoms with E-state index >= 15 is 0 Å². The Balaban J connectivity index is 1.53. The predicted molar refractivity (Wildman–Crippen MR) is 115 cm³/mol. The maximum atomic E-state index is 13.2. The molecular formula is C21H20N4O2S2. The van der Waals surface area contributed by atoms with Crippen molar-refractivity contribution in [1.82, 2.24) is 20.0 Å². The fourth-order valence-corrected chi connectivity index (χ4v) is 4.83. The summed E-state index contributed by atoms with van der Waals surface area (Å²) in [4.78, 5) is 24.1. The molecule has 0 aliphatic rings. The number of amides is 1. The lowest BCUT2D eigenvalue weighted by Gasteiger charge is -2.24. The Hall–Kier alpha value is -2.71. The standard InChI is InChI=1S/C21H20N4O2S2/c1-13-11-15(24-27-13)12-28-20-16(7-6-10-22-20)21(26)25(3)14(2)19-23-17-8-4-5-9-18(17)29-19/h4-11,14H,12H2,1-3H3. The molecule has 0 fully saturated rings. The minimum Gasteiger partial charge on any atom is -0.361 e. The molecule has 0 aliphatic carbocycles. The molecule has 29 heavy (non-hydrogen) atoms. The van der Waals surface area contributed by atoms with Crippen molar-refractivity contribution in [2.75, 3.05) is 7.05 Å². The van der Waals surface area contributed by atoms with Crippen molar-refractivity contribution in [3.05, 3.63) is 70.7 Å². The van der Waals surface area contributed by atoms with Crippen LogP contribution in [0.1, 0.15) is 39.8 Å². The van der Waals surface area contributed by atoms with Gasteiger partial charge in [0.1, 0.15) is 15.8 Å². The average Bonchev–Trinajstić information content (AvgIpc) is 3.36. The van der Waals surface area contributed by atoms with Gasteiger partial charge >= 0.3 is 0 Å². The summed E-state index contributed by atoms with van der Waals surface area (Å²) in [5, 5.41) is 5.60. The molecule has 3 heterocycles.